The Kier molecular flexibility index (Phi) is 4.83. The summed E-state index contributed by atoms with van der Waals surface area (Å²) in [6, 6.07) is 7.31. The van der Waals surface area contributed by atoms with Gasteiger partial charge in [-0.3, -0.25) is 9.78 Å². The third-order valence-corrected chi connectivity index (χ3v) is 5.04. The lowest BCUT2D eigenvalue weighted by Crippen LogP contribution is -2.15. The van der Waals surface area contributed by atoms with Crippen LogP contribution in [0.5, 0.6) is 17.5 Å². The average Bonchev–Trinajstić information content (AvgIpc) is 3.30. The number of aryl methyl sites for hydroxylation is 1. The lowest BCUT2D eigenvalue weighted by atomic mass is 10.1. The van der Waals surface area contributed by atoms with E-state index in [-0.39, 0.29) is 11.6 Å². The average molecular weight is 368 g/mol. The van der Waals surface area contributed by atoms with Gasteiger partial charge < -0.3 is 14.0 Å². The molecule has 0 amide bonds. The predicted octanol–water partition coefficient (Wildman–Crippen LogP) is 3.99. The van der Waals surface area contributed by atoms with E-state index in [1.54, 1.807) is 19.2 Å². The molecule has 0 radical (unpaired) electrons. The molecule has 0 spiro atoms. The molecule has 7 nitrogen and oxygen atoms in total. The van der Waals surface area contributed by atoms with Gasteiger partial charge in [0.1, 0.15) is 17.3 Å². The molecule has 2 aromatic heterocycles. The second-order valence-corrected chi connectivity index (χ2v) is 6.93. The zero-order chi connectivity index (χ0) is 18.8. The van der Waals surface area contributed by atoms with E-state index in [0.29, 0.717) is 28.6 Å². The first-order valence-corrected chi connectivity index (χ1v) is 9.52. The molecule has 2 heterocycles. The smallest absolute Gasteiger partial charge is 0.304 e. The van der Waals surface area contributed by atoms with Gasteiger partial charge in [0.15, 0.2) is 11.2 Å². The number of nitrogens with one attached hydrogen (secondary N) is 1. The Morgan fingerprint density at radius 3 is 2.74 bits per heavy atom. The maximum absolute atomic E-state index is 12.8. The van der Waals surface area contributed by atoms with Crippen LogP contribution in [0.1, 0.15) is 50.8 Å². The van der Waals surface area contributed by atoms with Gasteiger partial charge in [0.2, 0.25) is 0 Å². The maximum Gasteiger partial charge on any atom is 0.304 e. The third-order valence-electron chi connectivity index (χ3n) is 5.04. The summed E-state index contributed by atoms with van der Waals surface area (Å²) in [5.74, 6) is 2.61. The molecule has 3 aromatic rings. The van der Waals surface area contributed by atoms with Crippen LogP contribution in [0.25, 0.3) is 11.2 Å². The van der Waals surface area contributed by atoms with Crippen LogP contribution in [0.15, 0.2) is 29.1 Å². The van der Waals surface area contributed by atoms with Gasteiger partial charge >= 0.3 is 6.01 Å². The van der Waals surface area contributed by atoms with Crippen LogP contribution in [-0.2, 0) is 6.54 Å². The highest BCUT2D eigenvalue weighted by Gasteiger charge is 2.25. The molecule has 27 heavy (non-hydrogen) atoms. The van der Waals surface area contributed by atoms with Gasteiger partial charge in [-0.2, -0.15) is 4.98 Å². The summed E-state index contributed by atoms with van der Waals surface area (Å²) < 4.78 is 13.0. The quantitative estimate of drug-likeness (QED) is 0.711. The molecule has 1 aliphatic rings. The molecule has 4 rings (SSSR count). The van der Waals surface area contributed by atoms with E-state index in [0.717, 1.165) is 31.6 Å². The zero-order valence-corrected chi connectivity index (χ0v) is 15.7. The van der Waals surface area contributed by atoms with Crippen molar-refractivity contribution in [2.75, 3.05) is 7.11 Å². The number of rotatable bonds is 6. The van der Waals surface area contributed by atoms with Crippen molar-refractivity contribution in [1.29, 1.82) is 0 Å². The highest BCUT2D eigenvalue weighted by Crippen LogP contribution is 2.34. The molecule has 0 unspecified atom stereocenters. The fraction of sp³-hybridized carbons (Fsp3) is 0.450. The van der Waals surface area contributed by atoms with E-state index in [1.807, 2.05) is 16.7 Å². The molecular formula is C20H24N4O3. The normalized spacial score (nSPS) is 14.7. The molecule has 0 aliphatic heterocycles. The standard InChI is InChI=1S/C20H24N4O3/c1-3-11-24-16-17(21-18(24)13-7-4-5-8-13)22-20(23-19(16)25)27-15-10-6-9-14(12-15)26-2/h6,9-10,12-13H,3-5,7-8,11H2,1-2H3,(H,22,23,25). The van der Waals surface area contributed by atoms with Gasteiger partial charge in [-0.25, -0.2) is 4.98 Å². The number of fused-ring (bicyclic) bond motifs is 1. The van der Waals surface area contributed by atoms with Crippen LogP contribution in [-0.4, -0.2) is 26.6 Å². The molecule has 7 heteroatoms. The maximum atomic E-state index is 12.8. The molecule has 0 saturated heterocycles. The van der Waals surface area contributed by atoms with Crippen molar-refractivity contribution >= 4 is 11.2 Å². The molecule has 1 aliphatic carbocycles. The third kappa shape index (κ3) is 3.41. The molecule has 1 fully saturated rings. The predicted molar refractivity (Wildman–Crippen MR) is 103 cm³/mol. The Labute approximate surface area is 157 Å². The molecule has 1 saturated carbocycles. The first kappa shape index (κ1) is 17.6. The summed E-state index contributed by atoms with van der Waals surface area (Å²) in [6.45, 7) is 2.87. The minimum atomic E-state index is -0.219. The van der Waals surface area contributed by atoms with E-state index in [9.17, 15) is 4.79 Å². The van der Waals surface area contributed by atoms with Crippen LogP contribution in [0.4, 0.5) is 0 Å². The second kappa shape index (κ2) is 7.42. The fourth-order valence-corrected chi connectivity index (χ4v) is 3.81. The highest BCUT2D eigenvalue weighted by atomic mass is 16.5. The number of hydrogen-bond donors (Lipinski definition) is 1. The van der Waals surface area contributed by atoms with E-state index < -0.39 is 0 Å². The topological polar surface area (TPSA) is 82.0 Å². The van der Waals surface area contributed by atoms with Crippen molar-refractivity contribution in [3.05, 3.63) is 40.4 Å². The first-order chi connectivity index (χ1) is 13.2. The van der Waals surface area contributed by atoms with E-state index in [1.165, 1.54) is 12.8 Å². The summed E-state index contributed by atoms with van der Waals surface area (Å²) in [7, 11) is 1.59. The Bertz CT molecular complexity index is 1000. The Morgan fingerprint density at radius 1 is 1.22 bits per heavy atom. The van der Waals surface area contributed by atoms with Crippen molar-refractivity contribution in [1.82, 2.24) is 19.5 Å². The second-order valence-electron chi connectivity index (χ2n) is 6.93. The van der Waals surface area contributed by atoms with E-state index in [2.05, 4.69) is 16.9 Å². The highest BCUT2D eigenvalue weighted by molar-refractivity contribution is 5.71. The number of aromatic amines is 1. The van der Waals surface area contributed by atoms with Gasteiger partial charge in [0, 0.05) is 18.5 Å². The summed E-state index contributed by atoms with van der Waals surface area (Å²) in [6.07, 6.45) is 5.62. The molecule has 1 N–H and O–H groups in total. The number of nitrogens with zero attached hydrogens (tertiary/aromatic N) is 3. The number of hydrogen-bond acceptors (Lipinski definition) is 5. The lowest BCUT2D eigenvalue weighted by molar-refractivity contribution is 0.404. The zero-order valence-electron chi connectivity index (χ0n) is 15.7. The number of methoxy groups -OCH3 is 1. The first-order valence-electron chi connectivity index (χ1n) is 9.52. The Hall–Kier alpha value is -2.83. The summed E-state index contributed by atoms with van der Waals surface area (Å²) in [5, 5.41) is 0. The van der Waals surface area contributed by atoms with E-state index in [4.69, 9.17) is 14.5 Å². The van der Waals surface area contributed by atoms with Crippen LogP contribution >= 0.6 is 0 Å². The summed E-state index contributed by atoms with van der Waals surface area (Å²) in [4.78, 5) is 24.7. The van der Waals surface area contributed by atoms with Crippen LogP contribution in [0, 0.1) is 0 Å². The van der Waals surface area contributed by atoms with Crippen LogP contribution in [0.2, 0.25) is 0 Å². The van der Waals surface area contributed by atoms with Crippen molar-refractivity contribution in [2.45, 2.75) is 51.5 Å². The lowest BCUT2D eigenvalue weighted by Gasteiger charge is -2.12. The molecule has 142 valence electrons. The van der Waals surface area contributed by atoms with Gasteiger partial charge in [0.05, 0.1) is 7.11 Å². The molecule has 1 aromatic carbocycles. The minimum absolute atomic E-state index is 0.139. The largest absolute Gasteiger partial charge is 0.497 e. The fourth-order valence-electron chi connectivity index (χ4n) is 3.81. The van der Waals surface area contributed by atoms with Crippen molar-refractivity contribution in [3.8, 4) is 17.5 Å². The van der Waals surface area contributed by atoms with Gasteiger partial charge in [-0.1, -0.05) is 25.8 Å². The number of ether oxygens (including phenoxy) is 2. The number of imidazole rings is 1. The van der Waals surface area contributed by atoms with Crippen molar-refractivity contribution < 1.29 is 9.47 Å². The van der Waals surface area contributed by atoms with Crippen molar-refractivity contribution in [2.24, 2.45) is 0 Å². The SMILES string of the molecule is CCCn1c(C2CCCC2)nc2nc(Oc3cccc(OC)c3)[nH]c(=O)c21. The summed E-state index contributed by atoms with van der Waals surface area (Å²) >= 11 is 0. The van der Waals surface area contributed by atoms with Gasteiger partial charge in [-0.15, -0.1) is 0 Å². The monoisotopic (exact) mass is 368 g/mol. The number of aromatic nitrogens is 4. The van der Waals surface area contributed by atoms with Gasteiger partial charge in [-0.05, 0) is 31.4 Å². The molecule has 0 bridgehead atoms. The van der Waals surface area contributed by atoms with Crippen LogP contribution < -0.4 is 15.0 Å². The van der Waals surface area contributed by atoms with Gasteiger partial charge in [0.25, 0.3) is 5.56 Å². The number of benzene rings is 1. The van der Waals surface area contributed by atoms with E-state index >= 15 is 0 Å². The molecule has 0 atom stereocenters. The minimum Gasteiger partial charge on any atom is -0.497 e. The van der Waals surface area contributed by atoms with Crippen LogP contribution in [0.3, 0.4) is 0 Å². The molecular weight excluding hydrogens is 344 g/mol. The number of H-pyrrole nitrogens is 1. The summed E-state index contributed by atoms with van der Waals surface area (Å²) in [5.41, 5.74) is 0.770. The Balaban J connectivity index is 1.75. The van der Waals surface area contributed by atoms with Crippen molar-refractivity contribution in [3.63, 3.8) is 0 Å². The Morgan fingerprint density at radius 2 is 2.00 bits per heavy atom.